The van der Waals surface area contributed by atoms with Crippen LogP contribution in [0.4, 0.5) is 11.4 Å². The number of rotatable bonds is 6. The zero-order chi connectivity index (χ0) is 21.9. The maximum atomic E-state index is 12.7. The standard InChI is InChI=1S/C23H31N3O3S/c1-16-6-5-13-26(15-16)21-10-7-19(8-11-21)18(3)24-23(27)20-9-12-22(17(2)14-20)25-30(4,28)29/h7-12,14,16,18,25H,5-6,13,15H2,1-4H3,(H,24,27)/t16-,18-/m1/s1. The molecular weight excluding hydrogens is 398 g/mol. The van der Waals surface area contributed by atoms with Crippen LogP contribution in [0.3, 0.4) is 0 Å². The van der Waals surface area contributed by atoms with Gasteiger partial charge in [0.25, 0.3) is 5.91 Å². The smallest absolute Gasteiger partial charge is 0.251 e. The van der Waals surface area contributed by atoms with E-state index in [1.165, 1.54) is 18.5 Å². The van der Waals surface area contributed by atoms with Gasteiger partial charge in [0.2, 0.25) is 10.0 Å². The monoisotopic (exact) mass is 429 g/mol. The van der Waals surface area contributed by atoms with E-state index in [1.807, 2.05) is 6.92 Å². The summed E-state index contributed by atoms with van der Waals surface area (Å²) in [4.78, 5) is 15.1. The molecule has 0 saturated carbocycles. The van der Waals surface area contributed by atoms with Crippen molar-refractivity contribution in [2.75, 3.05) is 29.0 Å². The van der Waals surface area contributed by atoms with Crippen molar-refractivity contribution >= 4 is 27.3 Å². The van der Waals surface area contributed by atoms with Gasteiger partial charge in [-0.05, 0) is 74.1 Å². The fraction of sp³-hybridized carbons (Fsp3) is 0.435. The molecule has 1 saturated heterocycles. The van der Waals surface area contributed by atoms with Crippen LogP contribution in [0.1, 0.15) is 54.2 Å². The number of carbonyl (C=O) groups is 1. The lowest BCUT2D eigenvalue weighted by molar-refractivity contribution is 0.0940. The van der Waals surface area contributed by atoms with Crippen molar-refractivity contribution in [2.45, 2.75) is 39.7 Å². The van der Waals surface area contributed by atoms with Crippen molar-refractivity contribution in [3.8, 4) is 0 Å². The van der Waals surface area contributed by atoms with Gasteiger partial charge in [0.05, 0.1) is 18.0 Å². The summed E-state index contributed by atoms with van der Waals surface area (Å²) < 4.78 is 25.3. The molecule has 1 heterocycles. The minimum atomic E-state index is -3.36. The van der Waals surface area contributed by atoms with Crippen molar-refractivity contribution in [3.05, 3.63) is 59.2 Å². The highest BCUT2D eigenvalue weighted by Gasteiger charge is 2.17. The summed E-state index contributed by atoms with van der Waals surface area (Å²) in [5, 5.41) is 3.02. The fourth-order valence-electron chi connectivity index (χ4n) is 3.88. The SMILES string of the molecule is Cc1cc(C(=O)N[C@H](C)c2ccc(N3CCC[C@@H](C)C3)cc2)ccc1NS(C)(=O)=O. The first-order chi connectivity index (χ1) is 14.1. The molecule has 0 bridgehead atoms. The van der Waals surface area contributed by atoms with Crippen LogP contribution in [0.15, 0.2) is 42.5 Å². The highest BCUT2D eigenvalue weighted by molar-refractivity contribution is 7.92. The minimum absolute atomic E-state index is 0.138. The molecule has 2 atom stereocenters. The van der Waals surface area contributed by atoms with E-state index in [2.05, 4.69) is 46.1 Å². The molecule has 2 aromatic carbocycles. The molecular formula is C23H31N3O3S. The lowest BCUT2D eigenvalue weighted by Crippen LogP contribution is -2.34. The average molecular weight is 430 g/mol. The molecule has 162 valence electrons. The Kier molecular flexibility index (Phi) is 6.71. The molecule has 0 radical (unpaired) electrons. The number of aryl methyl sites for hydroxylation is 1. The number of hydrogen-bond acceptors (Lipinski definition) is 4. The Hall–Kier alpha value is -2.54. The van der Waals surface area contributed by atoms with Crippen LogP contribution in [-0.4, -0.2) is 33.7 Å². The summed E-state index contributed by atoms with van der Waals surface area (Å²) in [6.45, 7) is 8.22. The largest absolute Gasteiger partial charge is 0.371 e. The molecule has 0 aromatic heterocycles. The van der Waals surface area contributed by atoms with Crippen molar-refractivity contribution in [1.82, 2.24) is 5.32 Å². The quantitative estimate of drug-likeness (QED) is 0.725. The van der Waals surface area contributed by atoms with Gasteiger partial charge in [-0.2, -0.15) is 0 Å². The zero-order valence-electron chi connectivity index (χ0n) is 18.1. The van der Waals surface area contributed by atoms with Crippen LogP contribution >= 0.6 is 0 Å². The Morgan fingerprint density at radius 3 is 2.47 bits per heavy atom. The Labute approximate surface area is 179 Å². The molecule has 1 fully saturated rings. The van der Waals surface area contributed by atoms with E-state index in [0.717, 1.165) is 30.8 Å². The Morgan fingerprint density at radius 1 is 1.17 bits per heavy atom. The van der Waals surface area contributed by atoms with Crippen molar-refractivity contribution in [1.29, 1.82) is 0 Å². The van der Waals surface area contributed by atoms with Gasteiger partial charge >= 0.3 is 0 Å². The lowest BCUT2D eigenvalue weighted by atomic mass is 9.99. The molecule has 2 N–H and O–H groups in total. The topological polar surface area (TPSA) is 78.5 Å². The first-order valence-corrected chi connectivity index (χ1v) is 12.3. The van der Waals surface area contributed by atoms with Crippen LogP contribution in [0.5, 0.6) is 0 Å². The molecule has 1 aliphatic heterocycles. The maximum Gasteiger partial charge on any atom is 0.251 e. The normalized spacial score (nSPS) is 18.0. The maximum absolute atomic E-state index is 12.7. The van der Waals surface area contributed by atoms with Gasteiger partial charge in [0.15, 0.2) is 0 Å². The van der Waals surface area contributed by atoms with Crippen LogP contribution in [0, 0.1) is 12.8 Å². The van der Waals surface area contributed by atoms with Crippen LogP contribution in [0.2, 0.25) is 0 Å². The predicted molar refractivity (Wildman–Crippen MR) is 123 cm³/mol. The summed E-state index contributed by atoms with van der Waals surface area (Å²) in [6.07, 6.45) is 3.63. The van der Waals surface area contributed by atoms with Crippen molar-refractivity contribution in [2.24, 2.45) is 5.92 Å². The number of nitrogens with one attached hydrogen (secondary N) is 2. The van der Waals surface area contributed by atoms with E-state index in [4.69, 9.17) is 0 Å². The van der Waals surface area contributed by atoms with Gasteiger partial charge in [-0.25, -0.2) is 8.42 Å². The van der Waals surface area contributed by atoms with E-state index < -0.39 is 10.0 Å². The number of hydrogen-bond donors (Lipinski definition) is 2. The molecule has 1 amide bonds. The Balaban J connectivity index is 1.64. The summed E-state index contributed by atoms with van der Waals surface area (Å²) in [5.41, 5.74) is 3.94. The van der Waals surface area contributed by atoms with E-state index in [1.54, 1.807) is 25.1 Å². The predicted octanol–water partition coefficient (Wildman–Crippen LogP) is 4.09. The second-order valence-corrected chi connectivity index (χ2v) is 10.1. The third-order valence-corrected chi connectivity index (χ3v) is 6.14. The van der Waals surface area contributed by atoms with Crippen LogP contribution in [0.25, 0.3) is 0 Å². The van der Waals surface area contributed by atoms with Gasteiger partial charge in [-0.1, -0.05) is 19.1 Å². The van der Waals surface area contributed by atoms with E-state index >= 15 is 0 Å². The number of benzene rings is 2. The highest BCUT2D eigenvalue weighted by atomic mass is 32.2. The average Bonchev–Trinajstić information content (AvgIpc) is 2.68. The number of sulfonamides is 1. The van der Waals surface area contributed by atoms with E-state index in [9.17, 15) is 13.2 Å². The minimum Gasteiger partial charge on any atom is -0.371 e. The number of nitrogens with zero attached hydrogens (tertiary/aromatic N) is 1. The number of piperidine rings is 1. The summed E-state index contributed by atoms with van der Waals surface area (Å²) in [7, 11) is -3.36. The molecule has 0 unspecified atom stereocenters. The number of carbonyl (C=O) groups excluding carboxylic acids is 1. The molecule has 3 rings (SSSR count). The molecule has 30 heavy (non-hydrogen) atoms. The molecule has 1 aliphatic rings. The zero-order valence-corrected chi connectivity index (χ0v) is 18.9. The second kappa shape index (κ2) is 9.08. The second-order valence-electron chi connectivity index (χ2n) is 8.38. The number of anilines is 2. The Morgan fingerprint density at radius 2 is 1.87 bits per heavy atom. The van der Waals surface area contributed by atoms with Gasteiger partial charge in [-0.3, -0.25) is 9.52 Å². The third kappa shape index (κ3) is 5.75. The van der Waals surface area contributed by atoms with E-state index in [0.29, 0.717) is 16.8 Å². The highest BCUT2D eigenvalue weighted by Crippen LogP contribution is 2.25. The van der Waals surface area contributed by atoms with Gasteiger partial charge < -0.3 is 10.2 Å². The van der Waals surface area contributed by atoms with Crippen molar-refractivity contribution < 1.29 is 13.2 Å². The van der Waals surface area contributed by atoms with Gasteiger partial charge in [-0.15, -0.1) is 0 Å². The first kappa shape index (κ1) is 22.2. The molecule has 2 aromatic rings. The molecule has 7 heteroatoms. The molecule has 0 aliphatic carbocycles. The fourth-order valence-corrected chi connectivity index (χ4v) is 4.51. The first-order valence-electron chi connectivity index (χ1n) is 10.4. The molecule has 6 nitrogen and oxygen atoms in total. The van der Waals surface area contributed by atoms with Gasteiger partial charge in [0, 0.05) is 24.3 Å². The van der Waals surface area contributed by atoms with E-state index in [-0.39, 0.29) is 11.9 Å². The van der Waals surface area contributed by atoms with Crippen LogP contribution in [-0.2, 0) is 10.0 Å². The third-order valence-electron chi connectivity index (χ3n) is 5.55. The summed E-state index contributed by atoms with van der Waals surface area (Å²) in [6, 6.07) is 13.2. The van der Waals surface area contributed by atoms with Crippen LogP contribution < -0.4 is 14.9 Å². The molecule has 0 spiro atoms. The number of amides is 1. The van der Waals surface area contributed by atoms with Gasteiger partial charge in [0.1, 0.15) is 0 Å². The Bertz CT molecular complexity index is 1000. The lowest BCUT2D eigenvalue weighted by Gasteiger charge is -2.33. The van der Waals surface area contributed by atoms with Crippen molar-refractivity contribution in [3.63, 3.8) is 0 Å². The summed E-state index contributed by atoms with van der Waals surface area (Å²) >= 11 is 0. The summed E-state index contributed by atoms with van der Waals surface area (Å²) in [5.74, 6) is 0.532.